The number of phenolic OH excluding ortho intramolecular Hbond substituents is 2. The number of nitrogens with one attached hydrogen (secondary N) is 1. The summed E-state index contributed by atoms with van der Waals surface area (Å²) in [5.41, 5.74) is -2.45. The monoisotopic (exact) mass is 804 g/mol. The molecule has 0 radical (unpaired) electrons. The first-order chi connectivity index (χ1) is 25.9. The summed E-state index contributed by atoms with van der Waals surface area (Å²) in [5.74, 6) is -7.92. The quantitative estimate of drug-likeness (QED) is 0.0470. The number of fused-ring (bicyclic) bond motifs is 5. The molecule has 5 aliphatic rings. The van der Waals surface area contributed by atoms with Crippen molar-refractivity contribution in [3.63, 3.8) is 0 Å². The van der Waals surface area contributed by atoms with Crippen molar-refractivity contribution in [2.75, 3.05) is 32.7 Å². The van der Waals surface area contributed by atoms with Crippen molar-refractivity contribution in [2.45, 2.75) is 68.8 Å². The molecule has 3 amide bonds. The second-order valence-corrected chi connectivity index (χ2v) is 16.8. The minimum absolute atomic E-state index is 0.103. The Hall–Kier alpha value is -5.28. The Morgan fingerprint density at radius 2 is 1.82 bits per heavy atom. The van der Waals surface area contributed by atoms with E-state index >= 15 is 0 Å². The highest BCUT2D eigenvalue weighted by Gasteiger charge is 2.57. The average Bonchev–Trinajstić information content (AvgIpc) is 3.37. The number of carboxylic acids is 2. The maximum atomic E-state index is 14.2. The number of aromatic hydroxyl groups is 2. The van der Waals surface area contributed by atoms with Gasteiger partial charge in [0.05, 0.1) is 31.2 Å². The summed E-state index contributed by atoms with van der Waals surface area (Å²) in [7, 11) is 0. The number of aliphatic carboxylic acids is 2. The standard InChI is InChI=1S/C34H38FN7O11S2/c1-15-19(13-42-8-5-18(6-9-42)40(7-10-42)29(46)23(38-52)17-11-20(35)27(44)22(43)12-17)26(32(48)49)41-30(47)25(31(41)55-15)37-28(45)24(21-14-54-16(2)36-21)39-53-34(3,4)33(50)51/h11-12,14-15,18,25,31H,5-10,13H2,1-4H3,(H5-,37,38,39,43,44,45,46,48,49,50,51,52)/p+1/t15-,18?,25+,31+,42?/m0/s1. The van der Waals surface area contributed by atoms with E-state index < -0.39 is 75.0 Å². The molecule has 4 saturated heterocycles. The SMILES string of the molecule is Cc1nc(/C(=N/OC(C)(C)C(=O)O)C(=O)N[C@@H]2C(=O)N3C(C(=O)O)=C(C[N+]45CCC(CC4)N(C(=O)C(=NO)c4cc(O)c(O)c(F)c4)CC5)[C@H](C)S[C@H]23)cs1. The van der Waals surface area contributed by atoms with Gasteiger partial charge in [-0.3, -0.25) is 19.3 Å². The molecule has 0 saturated carbocycles. The van der Waals surface area contributed by atoms with E-state index in [1.54, 1.807) is 6.92 Å². The number of thiazole rings is 1. The topological polar surface area (TPSA) is 252 Å². The molecule has 0 spiro atoms. The number of carbonyl (C=O) groups excluding carboxylic acids is 3. The fourth-order valence-corrected chi connectivity index (χ4v) is 9.27. The fourth-order valence-electron chi connectivity index (χ4n) is 7.23. The summed E-state index contributed by atoms with van der Waals surface area (Å²) in [4.78, 5) is 77.5. The molecular formula is C34H39FN7O11S2+. The number of oxime groups is 2. The summed E-state index contributed by atoms with van der Waals surface area (Å²) in [5, 5.41) is 59.7. The molecule has 1 aromatic heterocycles. The molecular weight excluding hydrogens is 766 g/mol. The van der Waals surface area contributed by atoms with Gasteiger partial charge in [-0.1, -0.05) is 10.3 Å². The first-order valence-corrected chi connectivity index (χ1v) is 19.0. The second kappa shape index (κ2) is 14.8. The van der Waals surface area contributed by atoms with Crippen LogP contribution >= 0.6 is 23.1 Å². The molecule has 55 heavy (non-hydrogen) atoms. The van der Waals surface area contributed by atoms with Crippen molar-refractivity contribution in [1.82, 2.24) is 20.1 Å². The molecule has 18 nitrogen and oxygen atoms in total. The molecule has 294 valence electrons. The van der Waals surface area contributed by atoms with Gasteiger partial charge in [0.2, 0.25) is 5.60 Å². The van der Waals surface area contributed by atoms with Crippen LogP contribution in [-0.4, -0.2) is 147 Å². The normalized spacial score (nSPS) is 25.6. The van der Waals surface area contributed by atoms with Crippen LogP contribution in [0.4, 0.5) is 4.39 Å². The van der Waals surface area contributed by atoms with Crippen LogP contribution in [0.5, 0.6) is 11.5 Å². The molecule has 2 bridgehead atoms. The van der Waals surface area contributed by atoms with Crippen molar-refractivity contribution >= 4 is 64.2 Å². The molecule has 21 heteroatoms. The Bertz CT molecular complexity index is 2040. The number of quaternary nitrogens is 1. The third kappa shape index (κ3) is 7.30. The highest BCUT2D eigenvalue weighted by Crippen LogP contribution is 2.45. The van der Waals surface area contributed by atoms with Crippen LogP contribution in [0.2, 0.25) is 0 Å². The first kappa shape index (κ1) is 39.4. The van der Waals surface area contributed by atoms with Crippen LogP contribution in [0, 0.1) is 12.7 Å². The van der Waals surface area contributed by atoms with Gasteiger partial charge in [0, 0.05) is 40.7 Å². The maximum Gasteiger partial charge on any atom is 0.352 e. The highest BCUT2D eigenvalue weighted by atomic mass is 32.2. The predicted molar refractivity (Wildman–Crippen MR) is 193 cm³/mol. The largest absolute Gasteiger partial charge is 0.504 e. The number of carboxylic acid groups (broad SMARTS) is 2. The van der Waals surface area contributed by atoms with Crippen LogP contribution in [0.25, 0.3) is 0 Å². The molecule has 3 atom stereocenters. The zero-order valence-electron chi connectivity index (χ0n) is 30.1. The Morgan fingerprint density at radius 1 is 1.13 bits per heavy atom. The summed E-state index contributed by atoms with van der Waals surface area (Å²) in [6.45, 7) is 7.98. The molecule has 7 rings (SSSR count). The minimum Gasteiger partial charge on any atom is -0.504 e. The lowest BCUT2D eigenvalue weighted by atomic mass is 9.97. The molecule has 4 fully saturated rings. The van der Waals surface area contributed by atoms with Gasteiger partial charge >= 0.3 is 11.9 Å². The van der Waals surface area contributed by atoms with Crippen molar-refractivity contribution in [3.05, 3.63) is 50.9 Å². The number of aromatic nitrogens is 1. The molecule has 6 heterocycles. The van der Waals surface area contributed by atoms with E-state index in [9.17, 15) is 54.0 Å². The number of thioether (sulfide) groups is 1. The van der Waals surface area contributed by atoms with Gasteiger partial charge in [-0.05, 0) is 39.8 Å². The second-order valence-electron chi connectivity index (χ2n) is 14.3. The number of phenols is 2. The highest BCUT2D eigenvalue weighted by molar-refractivity contribution is 8.00. The summed E-state index contributed by atoms with van der Waals surface area (Å²) in [6.07, 6.45) is 1.04. The van der Waals surface area contributed by atoms with Crippen LogP contribution in [0.3, 0.4) is 0 Å². The van der Waals surface area contributed by atoms with Gasteiger partial charge in [-0.2, -0.15) is 0 Å². The number of rotatable bonds is 11. The van der Waals surface area contributed by atoms with Crippen molar-refractivity contribution in [3.8, 4) is 11.5 Å². The van der Waals surface area contributed by atoms with E-state index in [4.69, 9.17) is 4.84 Å². The van der Waals surface area contributed by atoms with Gasteiger partial charge < -0.3 is 45.2 Å². The Labute approximate surface area is 321 Å². The summed E-state index contributed by atoms with van der Waals surface area (Å²) in [6, 6.07) is 0.294. The number of aryl methyl sites for hydroxylation is 1. The van der Waals surface area contributed by atoms with Crippen molar-refractivity contribution in [2.24, 2.45) is 10.3 Å². The lowest BCUT2D eigenvalue weighted by Gasteiger charge is -2.52. The number of piperidine rings is 1. The molecule has 2 aromatic rings. The number of nitrogens with zero attached hydrogens (tertiary/aromatic N) is 6. The lowest BCUT2D eigenvalue weighted by Crippen LogP contribution is -2.72. The van der Waals surface area contributed by atoms with Gasteiger partial charge in [-0.15, -0.1) is 23.1 Å². The molecule has 1 aromatic carbocycles. The maximum absolute atomic E-state index is 14.2. The van der Waals surface area contributed by atoms with Crippen LogP contribution in [-0.2, 0) is 28.8 Å². The van der Waals surface area contributed by atoms with E-state index in [0.717, 1.165) is 17.0 Å². The molecule has 5 aliphatic heterocycles. The smallest absolute Gasteiger partial charge is 0.352 e. The zero-order valence-corrected chi connectivity index (χ0v) is 31.7. The number of benzene rings is 1. The van der Waals surface area contributed by atoms with Gasteiger partial charge in [0.15, 0.2) is 28.7 Å². The number of amides is 3. The van der Waals surface area contributed by atoms with Crippen LogP contribution < -0.4 is 5.32 Å². The van der Waals surface area contributed by atoms with E-state index in [2.05, 4.69) is 20.6 Å². The molecule has 0 unspecified atom stereocenters. The number of β-lactam (4-membered cyclic amide) rings is 1. The molecule has 6 N–H and O–H groups in total. The van der Waals surface area contributed by atoms with Crippen LogP contribution in [0.1, 0.15) is 49.9 Å². The van der Waals surface area contributed by atoms with Gasteiger partial charge in [0.1, 0.15) is 29.4 Å². The number of carbonyl (C=O) groups is 5. The third-order valence-corrected chi connectivity index (χ3v) is 12.6. The van der Waals surface area contributed by atoms with Gasteiger partial charge in [0.25, 0.3) is 17.7 Å². The third-order valence-electron chi connectivity index (χ3n) is 10.4. The summed E-state index contributed by atoms with van der Waals surface area (Å²) < 4.78 is 14.6. The first-order valence-electron chi connectivity index (χ1n) is 17.2. The average molecular weight is 805 g/mol. The zero-order chi connectivity index (χ0) is 40.1. The van der Waals surface area contributed by atoms with Crippen molar-refractivity contribution in [1.29, 1.82) is 0 Å². The lowest BCUT2D eigenvalue weighted by molar-refractivity contribution is -0.925. The number of hydrogen-bond donors (Lipinski definition) is 6. The van der Waals surface area contributed by atoms with E-state index in [1.807, 2.05) is 6.92 Å². The predicted octanol–water partition coefficient (Wildman–Crippen LogP) is 1.41. The number of halogens is 1. The Balaban J connectivity index is 1.20. The Morgan fingerprint density at radius 3 is 2.40 bits per heavy atom. The minimum atomic E-state index is -1.79. The van der Waals surface area contributed by atoms with E-state index in [0.29, 0.717) is 47.5 Å². The van der Waals surface area contributed by atoms with Crippen molar-refractivity contribution < 1.29 is 63.3 Å². The Kier molecular flexibility index (Phi) is 10.6. The van der Waals surface area contributed by atoms with Crippen LogP contribution in [0.15, 0.2) is 39.1 Å². The fraction of sp³-hybridized carbons (Fsp3) is 0.471. The summed E-state index contributed by atoms with van der Waals surface area (Å²) >= 11 is 2.52. The van der Waals surface area contributed by atoms with Gasteiger partial charge in [-0.25, -0.2) is 19.0 Å². The number of hydrogen-bond acceptors (Lipinski definition) is 14. The van der Waals surface area contributed by atoms with E-state index in [1.165, 1.54) is 47.2 Å². The van der Waals surface area contributed by atoms with E-state index in [-0.39, 0.29) is 41.8 Å². The molecule has 0 aliphatic carbocycles.